The summed E-state index contributed by atoms with van der Waals surface area (Å²) < 4.78 is 1.11. The van der Waals surface area contributed by atoms with Gasteiger partial charge in [0.25, 0.3) is 0 Å². The van der Waals surface area contributed by atoms with Gasteiger partial charge in [0, 0.05) is 21.2 Å². The molecule has 0 aliphatic rings. The largest absolute Gasteiger partial charge is 0.326 e. The van der Waals surface area contributed by atoms with Gasteiger partial charge in [-0.2, -0.15) is 0 Å². The Morgan fingerprint density at radius 3 is 2.62 bits per heavy atom. The number of hydrogen-bond acceptors (Lipinski definition) is 2. The molecule has 0 fully saturated rings. The summed E-state index contributed by atoms with van der Waals surface area (Å²) in [6, 6.07) is 6.33. The fourth-order valence-corrected chi connectivity index (χ4v) is 2.61. The maximum Gasteiger partial charge on any atom is 0.0231 e. The molecular formula is C10H14BrNS. The van der Waals surface area contributed by atoms with E-state index in [0.29, 0.717) is 11.8 Å². The summed E-state index contributed by atoms with van der Waals surface area (Å²) in [5.41, 5.74) is 6.73. The molecule has 0 amide bonds. The smallest absolute Gasteiger partial charge is 0.0231 e. The van der Waals surface area contributed by atoms with Gasteiger partial charge in [0.2, 0.25) is 0 Å². The van der Waals surface area contributed by atoms with E-state index in [2.05, 4.69) is 48.0 Å². The van der Waals surface area contributed by atoms with E-state index >= 15 is 0 Å². The first-order valence-electron chi connectivity index (χ1n) is 4.28. The number of hydrogen-bond donors (Lipinski definition) is 1. The number of thioether (sulfide) groups is 1. The molecule has 1 aromatic carbocycles. The van der Waals surface area contributed by atoms with Crippen LogP contribution in [0.4, 0.5) is 0 Å². The Morgan fingerprint density at radius 1 is 1.46 bits per heavy atom. The third-order valence-electron chi connectivity index (χ3n) is 1.62. The van der Waals surface area contributed by atoms with E-state index in [-0.39, 0.29) is 0 Å². The van der Waals surface area contributed by atoms with Crippen molar-refractivity contribution in [2.75, 3.05) is 0 Å². The predicted molar refractivity (Wildman–Crippen MR) is 63.0 cm³/mol. The predicted octanol–water partition coefficient (Wildman–Crippen LogP) is 3.41. The van der Waals surface area contributed by atoms with E-state index in [1.54, 1.807) is 0 Å². The van der Waals surface area contributed by atoms with Gasteiger partial charge < -0.3 is 5.73 Å². The maximum absolute atomic E-state index is 5.57. The summed E-state index contributed by atoms with van der Waals surface area (Å²) >= 11 is 5.36. The zero-order valence-electron chi connectivity index (χ0n) is 7.88. The van der Waals surface area contributed by atoms with E-state index in [1.165, 1.54) is 4.90 Å². The monoisotopic (exact) mass is 259 g/mol. The Hall–Kier alpha value is 0.01000. The van der Waals surface area contributed by atoms with Crippen molar-refractivity contribution in [1.29, 1.82) is 0 Å². The maximum atomic E-state index is 5.57. The molecule has 1 nitrogen and oxygen atoms in total. The molecule has 0 aliphatic heterocycles. The molecule has 0 aromatic heterocycles. The zero-order chi connectivity index (χ0) is 9.84. The van der Waals surface area contributed by atoms with Crippen LogP contribution in [0, 0.1) is 0 Å². The Labute approximate surface area is 92.2 Å². The van der Waals surface area contributed by atoms with Gasteiger partial charge in [-0.15, -0.1) is 11.8 Å². The summed E-state index contributed by atoms with van der Waals surface area (Å²) in [5.74, 6) is 0. The van der Waals surface area contributed by atoms with E-state index in [9.17, 15) is 0 Å². The second kappa shape index (κ2) is 5.03. The van der Waals surface area contributed by atoms with Crippen LogP contribution >= 0.6 is 27.7 Å². The topological polar surface area (TPSA) is 26.0 Å². The lowest BCUT2D eigenvalue weighted by molar-refractivity contribution is 1.05. The molecule has 1 aromatic rings. The first-order chi connectivity index (χ1) is 6.13. The third-order valence-corrected chi connectivity index (χ3v) is 3.35. The van der Waals surface area contributed by atoms with Gasteiger partial charge in [0.05, 0.1) is 0 Å². The van der Waals surface area contributed by atoms with Gasteiger partial charge in [0.15, 0.2) is 0 Å². The van der Waals surface area contributed by atoms with Crippen LogP contribution in [0.25, 0.3) is 0 Å². The minimum Gasteiger partial charge on any atom is -0.326 e. The Bertz CT molecular complexity index is 286. The average molecular weight is 260 g/mol. The van der Waals surface area contributed by atoms with Gasteiger partial charge in [-0.25, -0.2) is 0 Å². The molecule has 0 saturated heterocycles. The first kappa shape index (κ1) is 11.1. The molecule has 72 valence electrons. The Balaban J connectivity index is 2.83. The molecule has 0 spiro atoms. The van der Waals surface area contributed by atoms with Crippen LogP contribution < -0.4 is 5.73 Å². The highest BCUT2D eigenvalue weighted by molar-refractivity contribution is 9.10. The van der Waals surface area contributed by atoms with E-state index < -0.39 is 0 Å². The quantitative estimate of drug-likeness (QED) is 0.843. The number of benzene rings is 1. The van der Waals surface area contributed by atoms with Gasteiger partial charge >= 0.3 is 0 Å². The van der Waals surface area contributed by atoms with Crippen LogP contribution in [0.15, 0.2) is 27.6 Å². The number of halogens is 1. The summed E-state index contributed by atoms with van der Waals surface area (Å²) in [4.78, 5) is 1.29. The van der Waals surface area contributed by atoms with Crippen LogP contribution in [-0.2, 0) is 6.54 Å². The molecular weight excluding hydrogens is 246 g/mol. The van der Waals surface area contributed by atoms with E-state index in [1.807, 2.05) is 11.8 Å². The van der Waals surface area contributed by atoms with Crippen molar-refractivity contribution in [3.05, 3.63) is 28.2 Å². The molecule has 0 unspecified atom stereocenters. The summed E-state index contributed by atoms with van der Waals surface area (Å²) in [6.07, 6.45) is 0. The molecule has 3 heteroatoms. The second-order valence-corrected chi connectivity index (χ2v) is 5.63. The van der Waals surface area contributed by atoms with Crippen molar-refractivity contribution < 1.29 is 0 Å². The van der Waals surface area contributed by atoms with E-state index in [4.69, 9.17) is 5.73 Å². The van der Waals surface area contributed by atoms with Crippen molar-refractivity contribution in [3.63, 3.8) is 0 Å². The average Bonchev–Trinajstić information content (AvgIpc) is 2.03. The van der Waals surface area contributed by atoms with Gasteiger partial charge in [-0.05, 0) is 17.7 Å². The second-order valence-electron chi connectivity index (χ2n) is 3.12. The molecule has 0 saturated carbocycles. The van der Waals surface area contributed by atoms with Crippen molar-refractivity contribution in [2.45, 2.75) is 30.5 Å². The molecule has 13 heavy (non-hydrogen) atoms. The van der Waals surface area contributed by atoms with Gasteiger partial charge in [-0.3, -0.25) is 0 Å². The molecule has 0 heterocycles. The lowest BCUT2D eigenvalue weighted by atomic mass is 10.2. The lowest BCUT2D eigenvalue weighted by Gasteiger charge is -2.07. The Kier molecular flexibility index (Phi) is 4.29. The highest BCUT2D eigenvalue weighted by Gasteiger charge is 2.02. The van der Waals surface area contributed by atoms with Crippen LogP contribution in [0.2, 0.25) is 0 Å². The minimum atomic E-state index is 0.590. The highest BCUT2D eigenvalue weighted by Crippen LogP contribution is 2.27. The lowest BCUT2D eigenvalue weighted by Crippen LogP contribution is -1.97. The zero-order valence-corrected chi connectivity index (χ0v) is 10.3. The van der Waals surface area contributed by atoms with Gasteiger partial charge in [0.1, 0.15) is 0 Å². The molecule has 0 bridgehead atoms. The Morgan fingerprint density at radius 2 is 2.15 bits per heavy atom. The molecule has 0 atom stereocenters. The van der Waals surface area contributed by atoms with Crippen molar-refractivity contribution in [2.24, 2.45) is 5.73 Å². The number of rotatable bonds is 3. The van der Waals surface area contributed by atoms with Crippen LogP contribution in [-0.4, -0.2) is 5.25 Å². The molecule has 2 N–H and O–H groups in total. The van der Waals surface area contributed by atoms with Crippen molar-refractivity contribution >= 4 is 27.7 Å². The summed E-state index contributed by atoms with van der Waals surface area (Å²) in [7, 11) is 0. The normalized spacial score (nSPS) is 10.8. The van der Waals surface area contributed by atoms with Crippen LogP contribution in [0.3, 0.4) is 0 Å². The third kappa shape index (κ3) is 3.33. The first-order valence-corrected chi connectivity index (χ1v) is 5.96. The standard InChI is InChI=1S/C10H14BrNS/c1-7(2)13-9-4-3-8(6-12)10(11)5-9/h3-5,7H,6,12H2,1-2H3. The van der Waals surface area contributed by atoms with E-state index in [0.717, 1.165) is 10.0 Å². The van der Waals surface area contributed by atoms with Crippen molar-refractivity contribution in [3.8, 4) is 0 Å². The summed E-state index contributed by atoms with van der Waals surface area (Å²) in [6.45, 7) is 4.97. The summed E-state index contributed by atoms with van der Waals surface area (Å²) in [5, 5.41) is 0.621. The highest BCUT2D eigenvalue weighted by atomic mass is 79.9. The number of nitrogens with two attached hydrogens (primary N) is 1. The molecule has 0 aliphatic carbocycles. The minimum absolute atomic E-state index is 0.590. The molecule has 1 rings (SSSR count). The molecule has 0 radical (unpaired) electrons. The fraction of sp³-hybridized carbons (Fsp3) is 0.400. The van der Waals surface area contributed by atoms with Crippen molar-refractivity contribution in [1.82, 2.24) is 0 Å². The fourth-order valence-electron chi connectivity index (χ4n) is 1.04. The van der Waals surface area contributed by atoms with Crippen LogP contribution in [0.1, 0.15) is 19.4 Å². The van der Waals surface area contributed by atoms with Gasteiger partial charge in [-0.1, -0.05) is 35.8 Å². The van der Waals surface area contributed by atoms with Crippen LogP contribution in [0.5, 0.6) is 0 Å². The SMILES string of the molecule is CC(C)Sc1ccc(CN)c(Br)c1.